The van der Waals surface area contributed by atoms with Crippen LogP contribution in [0.3, 0.4) is 0 Å². The minimum Gasteiger partial charge on any atom is -0.325 e. The number of hydrogen-bond donors (Lipinski definition) is 1. The minimum atomic E-state index is -4.23. The van der Waals surface area contributed by atoms with E-state index in [4.69, 9.17) is 4.55 Å². The molecule has 5 nitrogen and oxygen atoms in total. The van der Waals surface area contributed by atoms with Gasteiger partial charge in [-0.1, -0.05) is 25.7 Å². The van der Waals surface area contributed by atoms with Crippen LogP contribution in [0.4, 0.5) is 0 Å². The molecular formula is C15H23NO4SSi. The lowest BCUT2D eigenvalue weighted by Crippen LogP contribution is -2.45. The molecule has 0 unspecified atom stereocenters. The summed E-state index contributed by atoms with van der Waals surface area (Å²) in [5.41, 5.74) is 2.94. The number of fused-ring (bicyclic) bond motifs is 1. The summed E-state index contributed by atoms with van der Waals surface area (Å²) in [7, 11) is -5.94. The summed E-state index contributed by atoms with van der Waals surface area (Å²) in [6, 6.07) is 5.58. The summed E-state index contributed by atoms with van der Waals surface area (Å²) in [6.07, 6.45) is 3.48. The van der Waals surface area contributed by atoms with Crippen LogP contribution >= 0.6 is 0 Å². The fourth-order valence-corrected chi connectivity index (χ4v) is 5.00. The van der Waals surface area contributed by atoms with E-state index >= 15 is 0 Å². The van der Waals surface area contributed by atoms with Crippen molar-refractivity contribution in [2.45, 2.75) is 38.9 Å². The van der Waals surface area contributed by atoms with Crippen LogP contribution in [-0.2, 0) is 23.0 Å². The van der Waals surface area contributed by atoms with Crippen LogP contribution in [0.5, 0.6) is 0 Å². The molecule has 0 aliphatic heterocycles. The second kappa shape index (κ2) is 6.14. The number of carbonyl (C=O) groups is 1. The van der Waals surface area contributed by atoms with E-state index < -0.39 is 24.1 Å². The second-order valence-corrected chi connectivity index (χ2v) is 14.0. The van der Waals surface area contributed by atoms with E-state index in [1.165, 1.54) is 16.0 Å². The monoisotopic (exact) mass is 341 g/mol. The van der Waals surface area contributed by atoms with Gasteiger partial charge in [-0.15, -0.1) is 0 Å². The predicted octanol–water partition coefficient (Wildman–Crippen LogP) is 2.34. The molecule has 1 aliphatic carbocycles. The number of carbonyl (C=O) groups excluding carboxylic acids is 1. The smallest absolute Gasteiger partial charge is 0.283 e. The standard InChI is InChI=1S/C15H23NO4SSi/c1-22(2,3)11-16(10-21(18,19)20)15(17)14-8-7-12-5-4-6-13(12)9-14/h7-9H,4-6,10-11H2,1-3H3,(H,18,19,20). The van der Waals surface area contributed by atoms with Crippen molar-refractivity contribution >= 4 is 24.1 Å². The van der Waals surface area contributed by atoms with E-state index in [0.29, 0.717) is 11.7 Å². The molecule has 0 bridgehead atoms. The van der Waals surface area contributed by atoms with Crippen molar-refractivity contribution < 1.29 is 17.8 Å². The highest BCUT2D eigenvalue weighted by atomic mass is 32.2. The maximum absolute atomic E-state index is 12.7. The Bertz CT molecular complexity index is 679. The molecule has 0 atom stereocenters. The van der Waals surface area contributed by atoms with Crippen molar-refractivity contribution in [2.75, 3.05) is 12.0 Å². The van der Waals surface area contributed by atoms with Crippen molar-refractivity contribution in [2.24, 2.45) is 0 Å². The Morgan fingerprint density at radius 2 is 1.86 bits per heavy atom. The number of benzene rings is 1. The summed E-state index contributed by atoms with van der Waals surface area (Å²) in [5.74, 6) is -0.970. The van der Waals surface area contributed by atoms with Crippen LogP contribution in [-0.4, -0.2) is 43.9 Å². The molecule has 0 spiro atoms. The number of aryl methyl sites for hydroxylation is 2. The minimum absolute atomic E-state index is 0.324. The van der Waals surface area contributed by atoms with E-state index in [2.05, 4.69) is 19.6 Å². The molecule has 0 saturated carbocycles. The first kappa shape index (κ1) is 17.2. The van der Waals surface area contributed by atoms with Crippen LogP contribution in [0.2, 0.25) is 19.6 Å². The molecule has 1 N–H and O–H groups in total. The van der Waals surface area contributed by atoms with E-state index in [1.54, 1.807) is 6.07 Å². The Morgan fingerprint density at radius 3 is 2.45 bits per heavy atom. The molecule has 1 amide bonds. The first-order chi connectivity index (χ1) is 10.1. The lowest BCUT2D eigenvalue weighted by atomic mass is 10.1. The number of rotatable bonds is 5. The molecule has 0 saturated heterocycles. The number of nitrogens with zero attached hydrogens (tertiary/aromatic N) is 1. The molecule has 0 radical (unpaired) electrons. The van der Waals surface area contributed by atoms with Gasteiger partial charge in [0.1, 0.15) is 5.88 Å². The van der Waals surface area contributed by atoms with E-state index in [-0.39, 0.29) is 5.91 Å². The van der Waals surface area contributed by atoms with Gasteiger partial charge >= 0.3 is 0 Å². The number of hydrogen-bond acceptors (Lipinski definition) is 3. The molecule has 1 aromatic carbocycles. The first-order valence-electron chi connectivity index (χ1n) is 7.41. The van der Waals surface area contributed by atoms with Crippen LogP contribution in [0.1, 0.15) is 27.9 Å². The summed E-state index contributed by atoms with van der Waals surface area (Å²) in [6.45, 7) is 6.17. The average Bonchev–Trinajstić information content (AvgIpc) is 2.80. The predicted molar refractivity (Wildman–Crippen MR) is 89.3 cm³/mol. The molecule has 122 valence electrons. The maximum Gasteiger partial charge on any atom is 0.283 e. The third-order valence-corrected chi connectivity index (χ3v) is 5.59. The molecular weight excluding hydrogens is 318 g/mol. The Kier molecular flexibility index (Phi) is 4.79. The highest BCUT2D eigenvalue weighted by Gasteiger charge is 2.27. The number of amides is 1. The summed E-state index contributed by atoms with van der Waals surface area (Å²) in [4.78, 5) is 13.9. The van der Waals surface area contributed by atoms with Gasteiger partial charge in [-0.3, -0.25) is 9.35 Å². The van der Waals surface area contributed by atoms with Gasteiger partial charge in [-0.2, -0.15) is 8.42 Å². The topological polar surface area (TPSA) is 74.7 Å². The van der Waals surface area contributed by atoms with Crippen LogP contribution in [0.15, 0.2) is 18.2 Å². The quantitative estimate of drug-likeness (QED) is 0.659. The van der Waals surface area contributed by atoms with Gasteiger partial charge in [0.25, 0.3) is 16.0 Å². The van der Waals surface area contributed by atoms with Crippen molar-refractivity contribution in [3.05, 3.63) is 34.9 Å². The van der Waals surface area contributed by atoms with Crippen molar-refractivity contribution in [3.63, 3.8) is 0 Å². The fraction of sp³-hybridized carbons (Fsp3) is 0.533. The van der Waals surface area contributed by atoms with Crippen LogP contribution in [0, 0.1) is 0 Å². The molecule has 2 rings (SSSR count). The lowest BCUT2D eigenvalue weighted by molar-refractivity contribution is 0.0801. The molecule has 7 heteroatoms. The third kappa shape index (κ3) is 4.66. The van der Waals surface area contributed by atoms with Gasteiger partial charge in [0.15, 0.2) is 0 Å². The SMILES string of the molecule is C[Si](C)(C)CN(CS(=O)(=O)O)C(=O)c1ccc2c(c1)CCC2. The van der Waals surface area contributed by atoms with E-state index in [1.807, 2.05) is 12.1 Å². The third-order valence-electron chi connectivity index (χ3n) is 3.62. The van der Waals surface area contributed by atoms with Crippen LogP contribution < -0.4 is 0 Å². The van der Waals surface area contributed by atoms with E-state index in [9.17, 15) is 13.2 Å². The Labute approximate surface area is 133 Å². The largest absolute Gasteiger partial charge is 0.325 e. The molecule has 1 aliphatic rings. The zero-order valence-corrected chi connectivity index (χ0v) is 15.1. The zero-order chi connectivity index (χ0) is 16.5. The second-order valence-electron chi connectivity index (χ2n) is 7.11. The Balaban J connectivity index is 2.28. The Morgan fingerprint density at radius 1 is 1.23 bits per heavy atom. The summed E-state index contributed by atoms with van der Waals surface area (Å²) in [5, 5.41) is 0. The average molecular weight is 342 g/mol. The van der Waals surface area contributed by atoms with E-state index in [0.717, 1.165) is 19.3 Å². The van der Waals surface area contributed by atoms with Gasteiger partial charge < -0.3 is 4.90 Å². The zero-order valence-electron chi connectivity index (χ0n) is 13.3. The van der Waals surface area contributed by atoms with Gasteiger partial charge in [-0.25, -0.2) is 0 Å². The highest BCUT2D eigenvalue weighted by molar-refractivity contribution is 7.85. The lowest BCUT2D eigenvalue weighted by Gasteiger charge is -2.28. The summed E-state index contributed by atoms with van der Waals surface area (Å²) < 4.78 is 31.6. The van der Waals surface area contributed by atoms with Gasteiger partial charge in [0.05, 0.1) is 8.07 Å². The molecule has 0 heterocycles. The molecule has 1 aromatic rings. The van der Waals surface area contributed by atoms with Crippen molar-refractivity contribution in [1.29, 1.82) is 0 Å². The molecule has 0 fully saturated rings. The fourth-order valence-electron chi connectivity index (χ4n) is 2.83. The first-order valence-corrected chi connectivity index (χ1v) is 12.7. The van der Waals surface area contributed by atoms with Gasteiger partial charge in [0, 0.05) is 11.7 Å². The summed E-state index contributed by atoms with van der Waals surface area (Å²) >= 11 is 0. The van der Waals surface area contributed by atoms with Crippen molar-refractivity contribution in [1.82, 2.24) is 4.90 Å². The highest BCUT2D eigenvalue weighted by Crippen LogP contribution is 2.23. The van der Waals surface area contributed by atoms with Gasteiger partial charge in [-0.05, 0) is 42.5 Å². The van der Waals surface area contributed by atoms with Crippen LogP contribution in [0.25, 0.3) is 0 Å². The molecule has 0 aromatic heterocycles. The normalized spacial score (nSPS) is 14.7. The van der Waals surface area contributed by atoms with Crippen molar-refractivity contribution in [3.8, 4) is 0 Å². The van der Waals surface area contributed by atoms with Gasteiger partial charge in [0.2, 0.25) is 0 Å². The molecule has 22 heavy (non-hydrogen) atoms. The maximum atomic E-state index is 12.7. The Hall–Kier alpha value is -1.18.